The molecule has 9 nitrogen and oxygen atoms in total. The highest BCUT2D eigenvalue weighted by atomic mass is 16.7. The number of rotatable bonds is 16. The molecule has 9 heteroatoms. The van der Waals surface area contributed by atoms with Crippen LogP contribution < -0.4 is 5.32 Å². The van der Waals surface area contributed by atoms with Crippen LogP contribution >= 0.6 is 0 Å². The van der Waals surface area contributed by atoms with Gasteiger partial charge in [-0.2, -0.15) is 0 Å². The molecule has 1 rings (SSSR count). The van der Waals surface area contributed by atoms with Crippen LogP contribution in [0.5, 0.6) is 0 Å². The minimum atomic E-state index is -1.50. The molecule has 0 radical (unpaired) electrons. The average Bonchev–Trinajstić information content (AvgIpc) is 2.73. The lowest BCUT2D eigenvalue weighted by Crippen LogP contribution is -2.59. The number of hydrogen-bond acceptors (Lipinski definition) is 8. The van der Waals surface area contributed by atoms with Crippen LogP contribution in [0.25, 0.3) is 0 Å². The van der Waals surface area contributed by atoms with E-state index in [1.807, 2.05) is 0 Å². The van der Waals surface area contributed by atoms with Gasteiger partial charge in [-0.25, -0.2) is 0 Å². The summed E-state index contributed by atoms with van der Waals surface area (Å²) in [4.78, 5) is 12.2. The lowest BCUT2D eigenvalue weighted by atomic mass is 9.99. The van der Waals surface area contributed by atoms with Crippen molar-refractivity contribution < 1.29 is 39.4 Å². The fourth-order valence-corrected chi connectivity index (χ4v) is 3.24. The molecule has 0 aromatic carbocycles. The second-order valence-corrected chi connectivity index (χ2v) is 7.89. The lowest BCUT2D eigenvalue weighted by molar-refractivity contribution is -0.302. The van der Waals surface area contributed by atoms with Crippen LogP contribution in [0.15, 0.2) is 0 Å². The Kier molecular flexibility index (Phi) is 14.4. The van der Waals surface area contributed by atoms with Gasteiger partial charge in [0.05, 0.1) is 25.9 Å². The van der Waals surface area contributed by atoms with E-state index in [-0.39, 0.29) is 19.1 Å². The Morgan fingerprint density at radius 1 is 0.967 bits per heavy atom. The van der Waals surface area contributed by atoms with Gasteiger partial charge in [-0.3, -0.25) is 4.79 Å². The summed E-state index contributed by atoms with van der Waals surface area (Å²) in [5.74, 6) is -0.0968. The summed E-state index contributed by atoms with van der Waals surface area (Å²) in [5, 5.41) is 42.0. The maximum atomic E-state index is 12.2. The summed E-state index contributed by atoms with van der Waals surface area (Å²) < 4.78 is 16.6. The van der Waals surface area contributed by atoms with E-state index in [4.69, 9.17) is 14.2 Å². The Morgan fingerprint density at radius 3 is 2.33 bits per heavy atom. The molecule has 0 saturated carbocycles. The smallest absolute Gasteiger partial charge is 0.220 e. The lowest BCUT2D eigenvalue weighted by Gasteiger charge is -2.40. The van der Waals surface area contributed by atoms with Crippen molar-refractivity contribution in [1.29, 1.82) is 0 Å². The summed E-state index contributed by atoms with van der Waals surface area (Å²) >= 11 is 0. The van der Waals surface area contributed by atoms with E-state index >= 15 is 0 Å². The molecule has 1 heterocycles. The number of aliphatic hydroxyl groups is 4. The Balaban J connectivity index is 2.54. The molecule has 30 heavy (non-hydrogen) atoms. The molecule has 0 bridgehead atoms. The molecule has 1 aliphatic rings. The second-order valence-electron chi connectivity index (χ2n) is 7.89. The largest absolute Gasteiger partial charge is 0.394 e. The van der Waals surface area contributed by atoms with Gasteiger partial charge in [0.1, 0.15) is 24.4 Å². The topological polar surface area (TPSA) is 138 Å². The predicted molar refractivity (Wildman–Crippen MR) is 111 cm³/mol. The molecule has 0 spiro atoms. The normalized spacial score (nSPS) is 27.7. The first-order chi connectivity index (χ1) is 14.4. The monoisotopic (exact) mass is 435 g/mol. The van der Waals surface area contributed by atoms with E-state index in [9.17, 15) is 25.2 Å². The number of unbranched alkanes of at least 4 members (excludes halogenated alkanes) is 5. The summed E-state index contributed by atoms with van der Waals surface area (Å²) in [5.41, 5.74) is 0. The Labute approximate surface area is 179 Å². The summed E-state index contributed by atoms with van der Waals surface area (Å²) in [6, 6.07) is -0.447. The average molecular weight is 436 g/mol. The van der Waals surface area contributed by atoms with E-state index in [1.54, 1.807) is 0 Å². The van der Waals surface area contributed by atoms with Crippen LogP contribution in [-0.2, 0) is 19.0 Å². The highest BCUT2D eigenvalue weighted by Crippen LogP contribution is 2.22. The van der Waals surface area contributed by atoms with Gasteiger partial charge in [0.25, 0.3) is 0 Å². The minimum absolute atomic E-state index is 0.00281. The molecule has 1 fully saturated rings. The summed E-state index contributed by atoms with van der Waals surface area (Å²) in [6.45, 7) is 4.52. The zero-order chi connectivity index (χ0) is 22.4. The van der Waals surface area contributed by atoms with Crippen molar-refractivity contribution in [2.75, 3.05) is 26.4 Å². The third kappa shape index (κ3) is 10.00. The van der Waals surface area contributed by atoms with Crippen LogP contribution in [0.3, 0.4) is 0 Å². The van der Waals surface area contributed by atoms with Gasteiger partial charge in [0.15, 0.2) is 6.29 Å². The molecule has 1 amide bonds. The molecule has 178 valence electrons. The van der Waals surface area contributed by atoms with Gasteiger partial charge in [-0.05, 0) is 12.8 Å². The van der Waals surface area contributed by atoms with Crippen LogP contribution in [0.1, 0.15) is 65.2 Å². The SMILES string of the molecule is CCCCCCOCC(CO[C@@H]1O[C@H](CO)[C@H](O)[C@H](O)[C@H]1O)NC(=O)CCCCC. The number of carbonyl (C=O) groups excluding carboxylic acids is 1. The third-order valence-corrected chi connectivity index (χ3v) is 5.14. The molecule has 0 aromatic heterocycles. The molecule has 1 aliphatic heterocycles. The zero-order valence-corrected chi connectivity index (χ0v) is 18.4. The van der Waals surface area contributed by atoms with E-state index in [2.05, 4.69) is 19.2 Å². The van der Waals surface area contributed by atoms with Gasteiger partial charge in [-0.1, -0.05) is 46.0 Å². The van der Waals surface area contributed by atoms with Gasteiger partial charge in [-0.15, -0.1) is 0 Å². The molecule has 5 N–H and O–H groups in total. The van der Waals surface area contributed by atoms with Crippen LogP contribution in [0.4, 0.5) is 0 Å². The summed E-state index contributed by atoms with van der Waals surface area (Å²) in [6.07, 6.45) is 0.874. The van der Waals surface area contributed by atoms with Gasteiger partial charge in [0, 0.05) is 13.0 Å². The molecule has 1 saturated heterocycles. The molecular formula is C21H41NO8. The maximum absolute atomic E-state index is 12.2. The first-order valence-electron chi connectivity index (χ1n) is 11.2. The molecule has 1 unspecified atom stereocenters. The van der Waals surface area contributed by atoms with Crippen molar-refractivity contribution in [2.24, 2.45) is 0 Å². The highest BCUT2D eigenvalue weighted by molar-refractivity contribution is 5.76. The number of hydrogen-bond donors (Lipinski definition) is 5. The number of nitrogens with one attached hydrogen (secondary N) is 1. The summed E-state index contributed by atoms with van der Waals surface area (Å²) in [7, 11) is 0. The molecule has 0 aromatic rings. The standard InChI is InChI=1S/C21H41NO8/c1-3-5-7-9-11-28-13-15(22-17(24)10-8-6-4-2)14-29-21-20(27)19(26)18(25)16(12-23)30-21/h15-16,18-21,23,25-27H,3-14H2,1-2H3,(H,22,24)/t15?,16-,18+,19+,20-,21-/m1/s1. The molecular weight excluding hydrogens is 394 g/mol. The van der Waals surface area contributed by atoms with Gasteiger partial charge < -0.3 is 40.0 Å². The van der Waals surface area contributed by atoms with E-state index in [0.29, 0.717) is 13.0 Å². The zero-order valence-electron chi connectivity index (χ0n) is 18.4. The fourth-order valence-electron chi connectivity index (χ4n) is 3.24. The van der Waals surface area contributed by atoms with E-state index in [0.717, 1.165) is 44.9 Å². The first kappa shape index (κ1) is 27.2. The Hall–Kier alpha value is -0.810. The highest BCUT2D eigenvalue weighted by Gasteiger charge is 2.44. The second kappa shape index (κ2) is 15.9. The van der Waals surface area contributed by atoms with E-state index < -0.39 is 43.4 Å². The van der Waals surface area contributed by atoms with Gasteiger partial charge in [0.2, 0.25) is 5.91 Å². The van der Waals surface area contributed by atoms with Crippen molar-refractivity contribution in [3.05, 3.63) is 0 Å². The van der Waals surface area contributed by atoms with Crippen molar-refractivity contribution in [1.82, 2.24) is 5.32 Å². The van der Waals surface area contributed by atoms with Crippen molar-refractivity contribution in [3.8, 4) is 0 Å². The molecule has 0 aliphatic carbocycles. The fraction of sp³-hybridized carbons (Fsp3) is 0.952. The van der Waals surface area contributed by atoms with Crippen LogP contribution in [0, 0.1) is 0 Å². The number of aliphatic hydroxyl groups excluding tert-OH is 4. The van der Waals surface area contributed by atoms with Crippen molar-refractivity contribution >= 4 is 5.91 Å². The number of ether oxygens (including phenoxy) is 3. The third-order valence-electron chi connectivity index (χ3n) is 5.14. The number of carbonyl (C=O) groups is 1. The predicted octanol–water partition coefficient (Wildman–Crippen LogP) is 0.465. The van der Waals surface area contributed by atoms with Gasteiger partial charge >= 0.3 is 0 Å². The van der Waals surface area contributed by atoms with Crippen LogP contribution in [-0.4, -0.2) is 89.5 Å². The Bertz CT molecular complexity index is 451. The minimum Gasteiger partial charge on any atom is -0.394 e. The number of amides is 1. The maximum Gasteiger partial charge on any atom is 0.220 e. The molecule has 6 atom stereocenters. The van der Waals surface area contributed by atoms with Crippen molar-refractivity contribution in [2.45, 2.75) is 102 Å². The van der Waals surface area contributed by atoms with E-state index in [1.165, 1.54) is 0 Å². The van der Waals surface area contributed by atoms with Crippen molar-refractivity contribution in [3.63, 3.8) is 0 Å². The Morgan fingerprint density at radius 2 is 1.67 bits per heavy atom. The quantitative estimate of drug-likeness (QED) is 0.221. The first-order valence-corrected chi connectivity index (χ1v) is 11.2. The van der Waals surface area contributed by atoms with Crippen LogP contribution in [0.2, 0.25) is 0 Å².